The normalized spacial score (nSPS) is 23.4. The minimum atomic E-state index is -0.434. The lowest BCUT2D eigenvalue weighted by molar-refractivity contribution is 0.00578. The summed E-state index contributed by atoms with van der Waals surface area (Å²) in [5.74, 6) is 0. The van der Waals surface area contributed by atoms with Crippen LogP contribution in [0.4, 0.5) is 0 Å². The van der Waals surface area contributed by atoms with Gasteiger partial charge in [-0.15, -0.1) is 0 Å². The number of hydrogen-bond acceptors (Lipinski definition) is 4. The Morgan fingerprint density at radius 1 is 0.500 bits per heavy atom. The molecule has 3 aromatic rings. The Labute approximate surface area is 191 Å². The second-order valence-corrected chi connectivity index (χ2v) is 11.2. The third kappa shape index (κ3) is 3.23. The van der Waals surface area contributed by atoms with Gasteiger partial charge in [0.2, 0.25) is 0 Å². The van der Waals surface area contributed by atoms with Gasteiger partial charge in [-0.2, -0.15) is 0 Å². The van der Waals surface area contributed by atoms with Gasteiger partial charge in [-0.1, -0.05) is 36.4 Å². The van der Waals surface area contributed by atoms with E-state index in [9.17, 15) is 0 Å². The topological polar surface area (TPSA) is 36.9 Å². The fraction of sp³-hybridized carbons (Fsp3) is 0.462. The largest absolute Gasteiger partial charge is 0.495 e. The quantitative estimate of drug-likeness (QED) is 0.441. The van der Waals surface area contributed by atoms with Gasteiger partial charge in [-0.25, -0.2) is 0 Å². The van der Waals surface area contributed by atoms with E-state index in [0.29, 0.717) is 0 Å². The molecule has 0 atom stereocenters. The van der Waals surface area contributed by atoms with Crippen LogP contribution >= 0.6 is 0 Å². The maximum absolute atomic E-state index is 6.42. The second-order valence-electron chi connectivity index (χ2n) is 11.2. The average Bonchev–Trinajstić information content (AvgIpc) is 3.04. The van der Waals surface area contributed by atoms with E-state index in [0.717, 1.165) is 21.7 Å². The van der Waals surface area contributed by atoms with E-state index in [1.54, 1.807) is 0 Å². The predicted molar refractivity (Wildman–Crippen MR) is 133 cm³/mol. The summed E-state index contributed by atoms with van der Waals surface area (Å²) in [7, 11) is -0.869. The van der Waals surface area contributed by atoms with Gasteiger partial charge in [-0.3, -0.25) is 0 Å². The number of hydrogen-bond donors (Lipinski definition) is 0. The van der Waals surface area contributed by atoms with E-state index in [4.69, 9.17) is 18.6 Å². The van der Waals surface area contributed by atoms with E-state index in [1.807, 2.05) is 0 Å². The Balaban J connectivity index is 1.70. The van der Waals surface area contributed by atoms with Crippen molar-refractivity contribution >= 4 is 46.7 Å². The zero-order chi connectivity index (χ0) is 23.1. The molecule has 0 aliphatic carbocycles. The van der Waals surface area contributed by atoms with Crippen molar-refractivity contribution in [1.29, 1.82) is 0 Å². The summed E-state index contributed by atoms with van der Waals surface area (Å²) >= 11 is 0. The smallest absolute Gasteiger partial charge is 0.399 e. The van der Waals surface area contributed by atoms with Crippen molar-refractivity contribution in [2.24, 2.45) is 0 Å². The highest BCUT2D eigenvalue weighted by atomic mass is 16.7. The van der Waals surface area contributed by atoms with E-state index >= 15 is 0 Å². The summed E-state index contributed by atoms with van der Waals surface area (Å²) < 4.78 is 25.7. The van der Waals surface area contributed by atoms with Crippen LogP contribution in [0.1, 0.15) is 55.4 Å². The third-order valence-corrected chi connectivity index (χ3v) is 7.96. The van der Waals surface area contributed by atoms with Crippen molar-refractivity contribution in [3.05, 3.63) is 48.5 Å². The van der Waals surface area contributed by atoms with Crippen molar-refractivity contribution < 1.29 is 18.6 Å². The molecule has 2 saturated heterocycles. The molecule has 0 N–H and O–H groups in total. The van der Waals surface area contributed by atoms with Gasteiger partial charge in [-0.05, 0) is 100.0 Å². The van der Waals surface area contributed by atoms with Gasteiger partial charge < -0.3 is 18.6 Å². The molecule has 6 heteroatoms. The summed E-state index contributed by atoms with van der Waals surface area (Å²) in [6.45, 7) is 16.7. The number of benzene rings is 3. The summed E-state index contributed by atoms with van der Waals surface area (Å²) in [5, 5.41) is 4.58. The molecule has 0 radical (unpaired) electrons. The highest BCUT2D eigenvalue weighted by Gasteiger charge is 2.54. The van der Waals surface area contributed by atoms with Gasteiger partial charge in [0.1, 0.15) is 0 Å². The molecule has 5 rings (SSSR count). The lowest BCUT2D eigenvalue weighted by atomic mass is 9.69. The van der Waals surface area contributed by atoms with Crippen LogP contribution in [0.3, 0.4) is 0 Å². The fourth-order valence-corrected chi connectivity index (χ4v) is 4.43. The number of rotatable bonds is 2. The molecule has 0 bridgehead atoms. The molecule has 166 valence electrons. The summed E-state index contributed by atoms with van der Waals surface area (Å²) in [6, 6.07) is 17.1. The molecule has 0 spiro atoms. The summed E-state index contributed by atoms with van der Waals surface area (Å²) in [4.78, 5) is 0. The van der Waals surface area contributed by atoms with Crippen LogP contribution in [0.5, 0.6) is 0 Å². The maximum Gasteiger partial charge on any atom is 0.495 e. The molecule has 2 heterocycles. The molecule has 2 aliphatic heterocycles. The maximum atomic E-state index is 6.42. The summed E-state index contributed by atoms with van der Waals surface area (Å²) in [5.41, 5.74) is 0.474. The van der Waals surface area contributed by atoms with Gasteiger partial charge in [0.15, 0.2) is 0 Å². The van der Waals surface area contributed by atoms with Crippen LogP contribution < -0.4 is 10.9 Å². The van der Waals surface area contributed by atoms with Crippen LogP contribution in [0.2, 0.25) is 0 Å². The highest BCUT2D eigenvalue weighted by Crippen LogP contribution is 2.39. The monoisotopic (exact) mass is 430 g/mol. The van der Waals surface area contributed by atoms with E-state index in [2.05, 4.69) is 104 Å². The third-order valence-electron chi connectivity index (χ3n) is 7.96. The first-order valence-electron chi connectivity index (χ1n) is 11.5. The minimum absolute atomic E-state index is 0.398. The van der Waals surface area contributed by atoms with Crippen LogP contribution in [0.25, 0.3) is 21.5 Å². The Kier molecular flexibility index (Phi) is 4.69. The van der Waals surface area contributed by atoms with Gasteiger partial charge in [0, 0.05) is 0 Å². The van der Waals surface area contributed by atoms with Crippen LogP contribution in [-0.4, -0.2) is 36.6 Å². The molecule has 32 heavy (non-hydrogen) atoms. The van der Waals surface area contributed by atoms with Crippen molar-refractivity contribution in [1.82, 2.24) is 0 Å². The first-order chi connectivity index (χ1) is 14.8. The highest BCUT2D eigenvalue weighted by molar-refractivity contribution is 6.69. The molecule has 4 nitrogen and oxygen atoms in total. The molecule has 0 amide bonds. The fourth-order valence-electron chi connectivity index (χ4n) is 4.43. The van der Waals surface area contributed by atoms with Gasteiger partial charge in [0.25, 0.3) is 0 Å². The Morgan fingerprint density at radius 2 is 0.812 bits per heavy atom. The zero-order valence-electron chi connectivity index (χ0n) is 20.4. The first kappa shape index (κ1) is 22.0. The second kappa shape index (κ2) is 6.83. The summed E-state index contributed by atoms with van der Waals surface area (Å²) in [6.07, 6.45) is 0. The molecular formula is C26H32B2O4. The Morgan fingerprint density at radius 3 is 1.12 bits per heavy atom. The minimum Gasteiger partial charge on any atom is -0.399 e. The van der Waals surface area contributed by atoms with Crippen molar-refractivity contribution in [3.63, 3.8) is 0 Å². The Bertz CT molecular complexity index is 1090. The van der Waals surface area contributed by atoms with Gasteiger partial charge >= 0.3 is 14.2 Å². The standard InChI is InChI=1S/C26H32B2O4/c1-23(2)24(3,4)30-27(29-23)21-13-14-22(28-31-25(5,6)26(7,8)32-28)20-16-18-12-10-9-11-17(18)15-19(20)21/h9-16H,1-8H3. The van der Waals surface area contributed by atoms with E-state index in [-0.39, 0.29) is 0 Å². The molecular weight excluding hydrogens is 398 g/mol. The van der Waals surface area contributed by atoms with Crippen LogP contribution in [0.15, 0.2) is 48.5 Å². The van der Waals surface area contributed by atoms with Crippen molar-refractivity contribution in [2.75, 3.05) is 0 Å². The molecule has 0 saturated carbocycles. The molecule has 3 aromatic carbocycles. The predicted octanol–water partition coefficient (Wildman–Crippen LogP) is 4.59. The zero-order valence-corrected chi connectivity index (χ0v) is 20.4. The molecule has 0 unspecified atom stereocenters. The van der Waals surface area contributed by atoms with Crippen LogP contribution in [-0.2, 0) is 18.6 Å². The molecule has 0 aromatic heterocycles. The molecule has 2 fully saturated rings. The van der Waals surface area contributed by atoms with E-state index < -0.39 is 36.6 Å². The first-order valence-corrected chi connectivity index (χ1v) is 11.5. The van der Waals surface area contributed by atoms with Crippen LogP contribution in [0, 0.1) is 0 Å². The SMILES string of the molecule is CC1(C)OB(c2ccc(B3OC(C)(C)C(C)(C)O3)c3cc4ccccc4cc23)OC1(C)C. The lowest BCUT2D eigenvalue weighted by Crippen LogP contribution is -2.41. The lowest BCUT2D eigenvalue weighted by Gasteiger charge is -2.32. The number of fused-ring (bicyclic) bond motifs is 2. The van der Waals surface area contributed by atoms with Gasteiger partial charge in [0.05, 0.1) is 22.4 Å². The van der Waals surface area contributed by atoms with Crippen molar-refractivity contribution in [2.45, 2.75) is 77.8 Å². The Hall–Kier alpha value is -1.85. The molecule has 2 aliphatic rings. The van der Waals surface area contributed by atoms with Crippen molar-refractivity contribution in [3.8, 4) is 0 Å². The van der Waals surface area contributed by atoms with E-state index in [1.165, 1.54) is 10.8 Å². The average molecular weight is 430 g/mol.